The molecule has 0 aliphatic carbocycles. The summed E-state index contributed by atoms with van der Waals surface area (Å²) in [4.78, 5) is 21.8. The predicted octanol–water partition coefficient (Wildman–Crippen LogP) is 5.70. The minimum atomic E-state index is -0.114. The lowest BCUT2D eigenvalue weighted by Crippen LogP contribution is -2.33. The highest BCUT2D eigenvalue weighted by atomic mass is 35.5. The molecule has 2 aromatic carbocycles. The Morgan fingerprint density at radius 1 is 0.975 bits per heavy atom. The van der Waals surface area contributed by atoms with Gasteiger partial charge >= 0.3 is 0 Å². The van der Waals surface area contributed by atoms with Gasteiger partial charge in [0.25, 0.3) is 5.91 Å². The molecule has 5 aromatic rings. The molecule has 5 rings (SSSR count). The van der Waals surface area contributed by atoms with Gasteiger partial charge in [-0.3, -0.25) is 4.79 Å². The van der Waals surface area contributed by atoms with Gasteiger partial charge in [-0.1, -0.05) is 29.8 Å². The number of hydrogen-bond acceptors (Lipinski definition) is 5. The van der Waals surface area contributed by atoms with Crippen LogP contribution in [-0.4, -0.2) is 69.1 Å². The summed E-state index contributed by atoms with van der Waals surface area (Å²) in [6, 6.07) is 20.0. The van der Waals surface area contributed by atoms with Crippen LogP contribution in [0.5, 0.6) is 0 Å². The number of anilines is 1. The number of aromatic nitrogens is 4. The lowest BCUT2D eigenvalue weighted by Gasteiger charge is -2.20. The first kappa shape index (κ1) is 27.4. The molecule has 0 spiro atoms. The van der Waals surface area contributed by atoms with E-state index in [4.69, 9.17) is 21.7 Å². The number of carbonyl (C=O) groups excluding carboxylic acids is 1. The molecule has 40 heavy (non-hydrogen) atoms. The van der Waals surface area contributed by atoms with Crippen LogP contribution >= 0.6 is 11.6 Å². The fourth-order valence-corrected chi connectivity index (χ4v) is 4.94. The maximum Gasteiger partial charge on any atom is 0.255 e. The Labute approximate surface area is 239 Å². The van der Waals surface area contributed by atoms with Gasteiger partial charge in [0, 0.05) is 62.1 Å². The molecule has 0 fully saturated rings. The quantitative estimate of drug-likeness (QED) is 0.252. The summed E-state index contributed by atoms with van der Waals surface area (Å²) in [5.74, 6) is 0.730. The van der Waals surface area contributed by atoms with E-state index < -0.39 is 0 Å². The zero-order valence-corrected chi connectivity index (χ0v) is 24.3. The second-order valence-corrected chi connectivity index (χ2v) is 10.7. The lowest BCUT2D eigenvalue weighted by atomic mass is 10.0. The maximum absolute atomic E-state index is 13.3. The fraction of sp³-hybridized carbons (Fsp3) is 0.258. The van der Waals surface area contributed by atoms with Crippen LogP contribution in [0.4, 0.5) is 5.82 Å². The minimum absolute atomic E-state index is 0.114. The van der Waals surface area contributed by atoms with E-state index in [2.05, 4.69) is 34.1 Å². The molecule has 9 heteroatoms. The summed E-state index contributed by atoms with van der Waals surface area (Å²) >= 11 is 6.51. The number of nitrogens with zero attached hydrogens (tertiary/aromatic N) is 6. The van der Waals surface area contributed by atoms with Crippen LogP contribution in [0.1, 0.15) is 27.3 Å². The highest BCUT2D eigenvalue weighted by Crippen LogP contribution is 2.32. The summed E-state index contributed by atoms with van der Waals surface area (Å²) in [5, 5.41) is 8.81. The maximum atomic E-state index is 13.3. The average molecular weight is 556 g/mol. The largest absolute Gasteiger partial charge is 0.366 e. The van der Waals surface area contributed by atoms with Gasteiger partial charge in [0.05, 0.1) is 16.3 Å². The first-order valence-corrected chi connectivity index (χ1v) is 13.6. The molecule has 0 radical (unpaired) electrons. The molecule has 8 nitrogen and oxygen atoms in total. The Morgan fingerprint density at radius 3 is 2.50 bits per heavy atom. The SMILES string of the molecule is Cc1cc(NCc2cccc(-n3cccc3)c2)n2nc(C)c(-c3ccc(Cl)c(C(=O)N(C)CCN(C)C)c3)c2n1. The van der Waals surface area contributed by atoms with Crippen LogP contribution in [0, 0.1) is 13.8 Å². The molecule has 0 aliphatic rings. The molecular weight excluding hydrogens is 522 g/mol. The minimum Gasteiger partial charge on any atom is -0.366 e. The van der Waals surface area contributed by atoms with Gasteiger partial charge in [-0.15, -0.1) is 0 Å². The first-order valence-electron chi connectivity index (χ1n) is 13.2. The zero-order valence-electron chi connectivity index (χ0n) is 23.5. The molecule has 1 amide bonds. The molecule has 0 saturated heterocycles. The molecular formula is C31H34ClN7O. The van der Waals surface area contributed by atoms with Crippen molar-refractivity contribution < 1.29 is 4.79 Å². The number of carbonyl (C=O) groups is 1. The topological polar surface area (TPSA) is 70.7 Å². The third-order valence-corrected chi connectivity index (χ3v) is 7.22. The van der Waals surface area contributed by atoms with Gasteiger partial charge in [0.2, 0.25) is 0 Å². The van der Waals surface area contributed by atoms with Crippen LogP contribution in [-0.2, 0) is 6.54 Å². The fourth-order valence-electron chi connectivity index (χ4n) is 4.74. The number of likely N-dealkylation sites (N-methyl/N-ethyl adjacent to an activating group) is 2. The number of halogens is 1. The number of rotatable bonds is 9. The average Bonchev–Trinajstić information content (AvgIpc) is 3.59. The summed E-state index contributed by atoms with van der Waals surface area (Å²) in [6.45, 7) is 5.93. The van der Waals surface area contributed by atoms with Crippen molar-refractivity contribution in [3.8, 4) is 16.8 Å². The second kappa shape index (κ2) is 11.5. The molecule has 0 bridgehead atoms. The molecule has 206 valence electrons. The molecule has 3 aromatic heterocycles. The van der Waals surface area contributed by atoms with Crippen molar-refractivity contribution in [2.45, 2.75) is 20.4 Å². The molecule has 1 N–H and O–H groups in total. The Hall–Kier alpha value is -4.14. The normalized spacial score (nSPS) is 11.4. The number of amides is 1. The first-order chi connectivity index (χ1) is 19.2. The van der Waals surface area contributed by atoms with Gasteiger partial charge in [-0.05, 0) is 75.5 Å². The summed E-state index contributed by atoms with van der Waals surface area (Å²) < 4.78 is 3.93. The number of aryl methyl sites for hydroxylation is 2. The van der Waals surface area contributed by atoms with E-state index in [1.807, 2.05) is 80.1 Å². The van der Waals surface area contributed by atoms with E-state index in [0.29, 0.717) is 23.7 Å². The molecule has 0 atom stereocenters. The number of hydrogen-bond donors (Lipinski definition) is 1. The van der Waals surface area contributed by atoms with Crippen LogP contribution in [0.3, 0.4) is 0 Å². The highest BCUT2D eigenvalue weighted by Gasteiger charge is 2.20. The van der Waals surface area contributed by atoms with Crippen LogP contribution in [0.2, 0.25) is 5.02 Å². The number of nitrogens with one attached hydrogen (secondary N) is 1. The Balaban J connectivity index is 1.46. The zero-order chi connectivity index (χ0) is 28.4. The van der Waals surface area contributed by atoms with Crippen molar-refractivity contribution in [2.75, 3.05) is 39.5 Å². The highest BCUT2D eigenvalue weighted by molar-refractivity contribution is 6.34. The Morgan fingerprint density at radius 2 is 1.75 bits per heavy atom. The smallest absolute Gasteiger partial charge is 0.255 e. The molecule has 3 heterocycles. The summed E-state index contributed by atoms with van der Waals surface area (Å²) in [5.41, 5.74) is 6.86. The van der Waals surface area contributed by atoms with Gasteiger partial charge in [0.15, 0.2) is 5.65 Å². The van der Waals surface area contributed by atoms with Gasteiger partial charge in [-0.25, -0.2) is 4.98 Å². The van der Waals surface area contributed by atoms with Gasteiger partial charge < -0.3 is 19.7 Å². The van der Waals surface area contributed by atoms with Crippen molar-refractivity contribution in [1.82, 2.24) is 29.0 Å². The van der Waals surface area contributed by atoms with E-state index >= 15 is 0 Å². The third kappa shape index (κ3) is 5.73. The van der Waals surface area contributed by atoms with Crippen molar-refractivity contribution in [3.63, 3.8) is 0 Å². The Bertz CT molecular complexity index is 1660. The van der Waals surface area contributed by atoms with Crippen molar-refractivity contribution in [2.24, 2.45) is 0 Å². The summed E-state index contributed by atoms with van der Waals surface area (Å²) in [7, 11) is 5.77. The number of benzene rings is 2. The number of fused-ring (bicyclic) bond motifs is 1. The van der Waals surface area contributed by atoms with E-state index in [0.717, 1.165) is 51.8 Å². The van der Waals surface area contributed by atoms with Gasteiger partial charge in [0.1, 0.15) is 5.82 Å². The predicted molar refractivity (Wildman–Crippen MR) is 162 cm³/mol. The van der Waals surface area contributed by atoms with Gasteiger partial charge in [-0.2, -0.15) is 9.61 Å². The standard InChI is InChI=1S/C31H34ClN7O/c1-21-17-28(33-20-23-9-8-10-25(18-23)38-13-6-7-14-38)39-30(34-21)29(22(2)35-39)24-11-12-27(32)26(19-24)31(40)37(5)16-15-36(3)4/h6-14,17-19,33H,15-16,20H2,1-5H3. The summed E-state index contributed by atoms with van der Waals surface area (Å²) in [6.07, 6.45) is 4.07. The van der Waals surface area contributed by atoms with Crippen LogP contribution in [0.25, 0.3) is 22.5 Å². The van der Waals surface area contributed by atoms with E-state index in [1.165, 1.54) is 0 Å². The lowest BCUT2D eigenvalue weighted by molar-refractivity contribution is 0.0786. The molecule has 0 unspecified atom stereocenters. The van der Waals surface area contributed by atoms with E-state index in [-0.39, 0.29) is 5.91 Å². The second-order valence-electron chi connectivity index (χ2n) is 10.3. The van der Waals surface area contributed by atoms with E-state index in [9.17, 15) is 4.79 Å². The van der Waals surface area contributed by atoms with Crippen molar-refractivity contribution in [1.29, 1.82) is 0 Å². The molecule has 0 aliphatic heterocycles. The monoisotopic (exact) mass is 555 g/mol. The molecule has 0 saturated carbocycles. The van der Waals surface area contributed by atoms with Crippen molar-refractivity contribution in [3.05, 3.63) is 101 Å². The van der Waals surface area contributed by atoms with Crippen molar-refractivity contribution >= 4 is 29.0 Å². The third-order valence-electron chi connectivity index (χ3n) is 6.89. The van der Waals surface area contributed by atoms with Crippen LogP contribution in [0.15, 0.2) is 73.1 Å². The Kier molecular flexibility index (Phi) is 7.91. The van der Waals surface area contributed by atoms with Crippen LogP contribution < -0.4 is 5.32 Å². The van der Waals surface area contributed by atoms with E-state index in [1.54, 1.807) is 18.0 Å².